The Kier molecular flexibility index (Phi) is 1.03. The molecule has 2 rings (SSSR count). The minimum atomic E-state index is -0.235. The van der Waals surface area contributed by atoms with Crippen molar-refractivity contribution in [1.82, 2.24) is 9.38 Å². The molecule has 0 saturated carbocycles. The van der Waals surface area contributed by atoms with E-state index in [-0.39, 0.29) is 11.4 Å². The number of H-pyrrole nitrogens is 1. The number of fused-ring (bicyclic) bond motifs is 1. The largest absolute Gasteiger partial charge is 0.493 e. The summed E-state index contributed by atoms with van der Waals surface area (Å²) in [5.74, 6) is -0.0643. The van der Waals surface area contributed by atoms with Crippen LogP contribution < -0.4 is 5.56 Å². The normalized spacial score (nSPS) is 10.5. The highest BCUT2D eigenvalue weighted by Gasteiger charge is 1.99. The molecule has 2 N–H and O–H groups in total. The van der Waals surface area contributed by atoms with E-state index in [0.717, 1.165) is 0 Å². The second-order valence-corrected chi connectivity index (χ2v) is 2.23. The molecular formula is C7H6N2O2. The van der Waals surface area contributed by atoms with E-state index in [1.165, 1.54) is 16.7 Å². The van der Waals surface area contributed by atoms with Crippen LogP contribution in [0.2, 0.25) is 0 Å². The first-order valence-electron chi connectivity index (χ1n) is 3.17. The average Bonchev–Trinajstić information content (AvgIpc) is 2.34. The fraction of sp³-hybridized carbons (Fsp3) is 0. The first-order chi connectivity index (χ1) is 5.29. The summed E-state index contributed by atoms with van der Waals surface area (Å²) in [6.07, 6.45) is 1.37. The minimum Gasteiger partial charge on any atom is -0.493 e. The summed E-state index contributed by atoms with van der Waals surface area (Å²) in [5.41, 5.74) is 0.358. The smallest absolute Gasteiger partial charge is 0.259 e. The third kappa shape index (κ3) is 0.724. The van der Waals surface area contributed by atoms with Crippen molar-refractivity contribution in [3.63, 3.8) is 0 Å². The van der Waals surface area contributed by atoms with Gasteiger partial charge >= 0.3 is 0 Å². The fourth-order valence-electron chi connectivity index (χ4n) is 1.04. The molecule has 0 bridgehead atoms. The topological polar surface area (TPSA) is 57.5 Å². The van der Waals surface area contributed by atoms with E-state index < -0.39 is 0 Å². The summed E-state index contributed by atoms with van der Waals surface area (Å²) in [4.78, 5) is 13.8. The minimum absolute atomic E-state index is 0.0643. The van der Waals surface area contributed by atoms with E-state index in [1.54, 1.807) is 12.1 Å². The zero-order chi connectivity index (χ0) is 7.84. The Hall–Kier alpha value is -1.71. The molecule has 0 aliphatic rings. The van der Waals surface area contributed by atoms with Gasteiger partial charge in [-0.05, 0) is 6.07 Å². The molecule has 4 nitrogen and oxygen atoms in total. The molecule has 0 saturated heterocycles. The van der Waals surface area contributed by atoms with Gasteiger partial charge in [0.1, 0.15) is 5.65 Å². The first kappa shape index (κ1) is 6.03. The van der Waals surface area contributed by atoms with E-state index in [0.29, 0.717) is 5.65 Å². The Morgan fingerprint density at radius 3 is 3.00 bits per heavy atom. The lowest BCUT2D eigenvalue weighted by atomic mass is 10.5. The third-order valence-electron chi connectivity index (χ3n) is 1.53. The van der Waals surface area contributed by atoms with Crippen LogP contribution in [0.3, 0.4) is 0 Å². The van der Waals surface area contributed by atoms with Crippen LogP contribution in [0.15, 0.2) is 29.2 Å². The highest BCUT2D eigenvalue weighted by atomic mass is 16.3. The lowest BCUT2D eigenvalue weighted by molar-refractivity contribution is 0.446. The summed E-state index contributed by atoms with van der Waals surface area (Å²) >= 11 is 0. The van der Waals surface area contributed by atoms with Crippen molar-refractivity contribution in [3.8, 4) is 5.88 Å². The second kappa shape index (κ2) is 1.88. The Morgan fingerprint density at radius 2 is 2.27 bits per heavy atom. The van der Waals surface area contributed by atoms with Crippen LogP contribution in [0.5, 0.6) is 5.88 Å². The van der Waals surface area contributed by atoms with Gasteiger partial charge in [-0.1, -0.05) is 6.07 Å². The van der Waals surface area contributed by atoms with Crippen molar-refractivity contribution in [3.05, 3.63) is 34.7 Å². The van der Waals surface area contributed by atoms with E-state index in [1.807, 2.05) is 0 Å². The molecule has 0 radical (unpaired) electrons. The molecule has 2 aromatic rings. The van der Waals surface area contributed by atoms with Gasteiger partial charge in [0.2, 0.25) is 5.88 Å². The predicted octanol–water partition coefficient (Wildman–Crippen LogP) is 0.333. The molecule has 2 heterocycles. The first-order valence-corrected chi connectivity index (χ1v) is 3.17. The van der Waals surface area contributed by atoms with Crippen LogP contribution in [0, 0.1) is 0 Å². The van der Waals surface area contributed by atoms with Gasteiger partial charge in [-0.25, -0.2) is 4.40 Å². The standard InChI is InChI=1S/C7H6N2O2/c10-6-3-1-2-5-8-4-7(11)9(5)6/h1-4,8,11H. The van der Waals surface area contributed by atoms with E-state index in [4.69, 9.17) is 5.11 Å². The Balaban J connectivity index is 3.08. The number of hydrogen-bond acceptors (Lipinski definition) is 2. The van der Waals surface area contributed by atoms with Crippen LogP contribution in [0.1, 0.15) is 0 Å². The number of aromatic hydroxyl groups is 1. The van der Waals surface area contributed by atoms with Crippen molar-refractivity contribution in [2.75, 3.05) is 0 Å². The summed E-state index contributed by atoms with van der Waals surface area (Å²) in [5, 5.41) is 9.12. The molecule has 0 aromatic carbocycles. The maximum atomic E-state index is 11.0. The van der Waals surface area contributed by atoms with Gasteiger partial charge in [-0.3, -0.25) is 4.79 Å². The van der Waals surface area contributed by atoms with Crippen LogP contribution in [-0.2, 0) is 0 Å². The van der Waals surface area contributed by atoms with Crippen molar-refractivity contribution in [1.29, 1.82) is 0 Å². The van der Waals surface area contributed by atoms with Gasteiger partial charge in [0.05, 0.1) is 6.20 Å². The summed E-state index contributed by atoms with van der Waals surface area (Å²) < 4.78 is 1.19. The maximum Gasteiger partial charge on any atom is 0.259 e. The zero-order valence-corrected chi connectivity index (χ0v) is 5.61. The van der Waals surface area contributed by atoms with Crippen molar-refractivity contribution in [2.45, 2.75) is 0 Å². The average molecular weight is 150 g/mol. The third-order valence-corrected chi connectivity index (χ3v) is 1.53. The number of imidazole rings is 1. The van der Waals surface area contributed by atoms with Crippen molar-refractivity contribution < 1.29 is 5.11 Å². The number of aromatic nitrogens is 2. The van der Waals surface area contributed by atoms with Crippen molar-refractivity contribution in [2.24, 2.45) is 0 Å². The van der Waals surface area contributed by atoms with E-state index >= 15 is 0 Å². The molecule has 0 spiro atoms. The number of rotatable bonds is 0. The number of hydrogen-bond donors (Lipinski definition) is 2. The quantitative estimate of drug-likeness (QED) is 0.568. The van der Waals surface area contributed by atoms with E-state index in [9.17, 15) is 4.79 Å². The lowest BCUT2D eigenvalue weighted by Crippen LogP contribution is -2.08. The summed E-state index contributed by atoms with van der Waals surface area (Å²) in [6.45, 7) is 0. The molecule has 56 valence electrons. The summed E-state index contributed by atoms with van der Waals surface area (Å²) in [7, 11) is 0. The highest BCUT2D eigenvalue weighted by Crippen LogP contribution is 2.07. The van der Waals surface area contributed by atoms with Crippen LogP contribution in [-0.4, -0.2) is 14.5 Å². The van der Waals surface area contributed by atoms with Crippen LogP contribution >= 0.6 is 0 Å². The molecule has 4 heteroatoms. The Labute approximate surface area is 61.7 Å². The van der Waals surface area contributed by atoms with Gasteiger partial charge < -0.3 is 10.1 Å². The number of aromatic amines is 1. The van der Waals surface area contributed by atoms with Gasteiger partial charge in [-0.15, -0.1) is 0 Å². The van der Waals surface area contributed by atoms with Gasteiger partial charge in [0.25, 0.3) is 5.56 Å². The highest BCUT2D eigenvalue weighted by molar-refractivity contribution is 5.41. The number of nitrogens with zero attached hydrogens (tertiary/aromatic N) is 1. The molecule has 0 fully saturated rings. The van der Waals surface area contributed by atoms with Crippen LogP contribution in [0.25, 0.3) is 5.65 Å². The fourth-order valence-corrected chi connectivity index (χ4v) is 1.04. The van der Waals surface area contributed by atoms with E-state index in [2.05, 4.69) is 4.98 Å². The number of nitrogens with one attached hydrogen (secondary N) is 1. The molecule has 0 unspecified atom stereocenters. The Bertz CT molecular complexity index is 441. The van der Waals surface area contributed by atoms with Crippen molar-refractivity contribution >= 4 is 5.65 Å². The molecule has 0 amide bonds. The lowest BCUT2D eigenvalue weighted by Gasteiger charge is -1.90. The Morgan fingerprint density at radius 1 is 1.45 bits per heavy atom. The van der Waals surface area contributed by atoms with Gasteiger partial charge in [0.15, 0.2) is 0 Å². The van der Waals surface area contributed by atoms with Gasteiger partial charge in [-0.2, -0.15) is 0 Å². The van der Waals surface area contributed by atoms with Gasteiger partial charge in [0, 0.05) is 6.07 Å². The summed E-state index contributed by atoms with van der Waals surface area (Å²) in [6, 6.07) is 4.73. The molecule has 0 aliphatic heterocycles. The molecule has 0 aliphatic carbocycles. The molecule has 11 heavy (non-hydrogen) atoms. The monoisotopic (exact) mass is 150 g/mol. The zero-order valence-electron chi connectivity index (χ0n) is 5.61. The second-order valence-electron chi connectivity index (χ2n) is 2.23. The predicted molar refractivity (Wildman–Crippen MR) is 39.7 cm³/mol. The molecule has 0 atom stereocenters. The molecular weight excluding hydrogens is 144 g/mol. The maximum absolute atomic E-state index is 11.0. The number of pyridine rings is 1. The molecule has 2 aromatic heterocycles. The SMILES string of the molecule is O=c1cccc2[nH]cc(O)n12. The van der Waals surface area contributed by atoms with Crippen LogP contribution in [0.4, 0.5) is 0 Å².